The standard InChI is InChI=1S/C12H16F2N2O4/c1-12(2,3)20-11(18)16(4)8-5-7(17)6-15-9(8)19-10(13)14/h5-6,10,17H,1-4H3. The van der Waals surface area contributed by atoms with Gasteiger partial charge in [0.05, 0.1) is 6.20 Å². The molecule has 112 valence electrons. The van der Waals surface area contributed by atoms with Crippen LogP contribution in [0, 0.1) is 0 Å². The number of anilines is 1. The number of carbonyl (C=O) groups excluding carboxylic acids is 1. The van der Waals surface area contributed by atoms with Gasteiger partial charge in [0, 0.05) is 13.1 Å². The first-order chi connectivity index (χ1) is 9.10. The molecule has 1 amide bonds. The molecule has 1 aromatic rings. The van der Waals surface area contributed by atoms with Crippen LogP contribution in [-0.4, -0.2) is 35.4 Å². The summed E-state index contributed by atoms with van der Waals surface area (Å²) < 4.78 is 33.8. The summed E-state index contributed by atoms with van der Waals surface area (Å²) in [6.45, 7) is 1.89. The van der Waals surface area contributed by atoms with Crippen molar-refractivity contribution in [3.05, 3.63) is 12.3 Å². The van der Waals surface area contributed by atoms with Gasteiger partial charge in [0.2, 0.25) is 5.88 Å². The van der Waals surface area contributed by atoms with Crippen molar-refractivity contribution in [3.63, 3.8) is 0 Å². The van der Waals surface area contributed by atoms with Crippen molar-refractivity contribution >= 4 is 11.8 Å². The molecular weight excluding hydrogens is 274 g/mol. The van der Waals surface area contributed by atoms with Crippen LogP contribution < -0.4 is 9.64 Å². The van der Waals surface area contributed by atoms with Crippen molar-refractivity contribution in [2.45, 2.75) is 33.0 Å². The van der Waals surface area contributed by atoms with Gasteiger partial charge in [-0.1, -0.05) is 0 Å². The highest BCUT2D eigenvalue weighted by Crippen LogP contribution is 2.30. The van der Waals surface area contributed by atoms with Crippen molar-refractivity contribution in [3.8, 4) is 11.6 Å². The lowest BCUT2D eigenvalue weighted by atomic mass is 10.2. The van der Waals surface area contributed by atoms with Gasteiger partial charge < -0.3 is 14.6 Å². The number of amides is 1. The average molecular weight is 290 g/mol. The van der Waals surface area contributed by atoms with Crippen LogP contribution in [-0.2, 0) is 4.74 Å². The van der Waals surface area contributed by atoms with E-state index < -0.39 is 24.2 Å². The molecule has 0 fully saturated rings. The van der Waals surface area contributed by atoms with Gasteiger partial charge in [0.25, 0.3) is 0 Å². The number of hydrogen-bond donors (Lipinski definition) is 1. The summed E-state index contributed by atoms with van der Waals surface area (Å²) >= 11 is 0. The predicted molar refractivity (Wildman–Crippen MR) is 67.2 cm³/mol. The molecule has 0 aromatic carbocycles. The summed E-state index contributed by atoms with van der Waals surface area (Å²) in [5, 5.41) is 9.35. The smallest absolute Gasteiger partial charge is 0.414 e. The molecule has 0 aliphatic carbocycles. The molecule has 0 aliphatic rings. The zero-order valence-corrected chi connectivity index (χ0v) is 11.6. The SMILES string of the molecule is CN(C(=O)OC(C)(C)C)c1cc(O)cnc1OC(F)F. The normalized spacial score (nSPS) is 11.3. The molecule has 0 bridgehead atoms. The van der Waals surface area contributed by atoms with Crippen LogP contribution in [0.25, 0.3) is 0 Å². The third-order valence-electron chi connectivity index (χ3n) is 2.05. The minimum absolute atomic E-state index is 0.125. The highest BCUT2D eigenvalue weighted by atomic mass is 19.3. The fraction of sp³-hybridized carbons (Fsp3) is 0.500. The zero-order chi connectivity index (χ0) is 15.5. The Bertz CT molecular complexity index is 489. The second-order valence-electron chi connectivity index (χ2n) is 4.94. The number of rotatable bonds is 3. The second kappa shape index (κ2) is 5.89. The van der Waals surface area contributed by atoms with Gasteiger partial charge in [-0.05, 0) is 20.8 Å². The largest absolute Gasteiger partial charge is 0.506 e. The highest BCUT2D eigenvalue weighted by molar-refractivity contribution is 5.89. The number of pyridine rings is 1. The van der Waals surface area contributed by atoms with E-state index >= 15 is 0 Å². The topological polar surface area (TPSA) is 71.9 Å². The van der Waals surface area contributed by atoms with Crippen LogP contribution in [0.3, 0.4) is 0 Å². The molecule has 1 N–H and O–H groups in total. The molecule has 0 unspecified atom stereocenters. The maximum atomic E-state index is 12.3. The van der Waals surface area contributed by atoms with Gasteiger partial charge in [-0.25, -0.2) is 9.78 Å². The first-order valence-corrected chi connectivity index (χ1v) is 5.70. The van der Waals surface area contributed by atoms with Gasteiger partial charge in [0.1, 0.15) is 17.0 Å². The average Bonchev–Trinajstić information content (AvgIpc) is 2.27. The maximum absolute atomic E-state index is 12.3. The Morgan fingerprint density at radius 3 is 2.55 bits per heavy atom. The Labute approximate surface area is 114 Å². The number of ether oxygens (including phenoxy) is 2. The molecule has 1 aromatic heterocycles. The van der Waals surface area contributed by atoms with Crippen LogP contribution in [0.2, 0.25) is 0 Å². The van der Waals surface area contributed by atoms with Gasteiger partial charge in [-0.15, -0.1) is 0 Å². The Kier molecular flexibility index (Phi) is 4.69. The number of carbonyl (C=O) groups is 1. The lowest BCUT2D eigenvalue weighted by molar-refractivity contribution is -0.0526. The van der Waals surface area contributed by atoms with Gasteiger partial charge >= 0.3 is 12.7 Å². The number of halogens is 2. The molecule has 1 rings (SSSR count). The van der Waals surface area contributed by atoms with E-state index in [1.165, 1.54) is 7.05 Å². The summed E-state index contributed by atoms with van der Waals surface area (Å²) in [6.07, 6.45) is 0.147. The van der Waals surface area contributed by atoms with Crippen molar-refractivity contribution in [1.82, 2.24) is 4.98 Å². The summed E-state index contributed by atoms with van der Waals surface area (Å²) in [5.41, 5.74) is -0.876. The van der Waals surface area contributed by atoms with Crippen molar-refractivity contribution in [2.75, 3.05) is 11.9 Å². The van der Waals surface area contributed by atoms with Crippen LogP contribution in [0.15, 0.2) is 12.3 Å². The summed E-state index contributed by atoms with van der Waals surface area (Å²) in [7, 11) is 1.29. The summed E-state index contributed by atoms with van der Waals surface area (Å²) in [6, 6.07) is 1.08. The third kappa shape index (κ3) is 4.52. The Morgan fingerprint density at radius 1 is 1.45 bits per heavy atom. The van der Waals surface area contributed by atoms with Crippen LogP contribution in [0.5, 0.6) is 11.6 Å². The van der Waals surface area contributed by atoms with E-state index in [1.54, 1.807) is 20.8 Å². The number of hydrogen-bond acceptors (Lipinski definition) is 5. The highest BCUT2D eigenvalue weighted by Gasteiger charge is 2.24. The molecular formula is C12H16F2N2O4. The van der Waals surface area contributed by atoms with Crippen LogP contribution in [0.4, 0.5) is 19.3 Å². The lowest BCUT2D eigenvalue weighted by Gasteiger charge is -2.25. The number of aromatic nitrogens is 1. The number of aromatic hydroxyl groups is 1. The molecule has 0 saturated carbocycles. The number of nitrogens with zero attached hydrogens (tertiary/aromatic N) is 2. The second-order valence-corrected chi connectivity index (χ2v) is 4.94. The van der Waals surface area contributed by atoms with Gasteiger partial charge in [-0.3, -0.25) is 4.90 Å². The molecule has 1 heterocycles. The quantitative estimate of drug-likeness (QED) is 0.926. The van der Waals surface area contributed by atoms with Crippen molar-refractivity contribution in [1.29, 1.82) is 0 Å². The fourth-order valence-electron chi connectivity index (χ4n) is 1.27. The van der Waals surface area contributed by atoms with E-state index in [0.717, 1.165) is 17.2 Å². The van der Waals surface area contributed by atoms with E-state index in [2.05, 4.69) is 9.72 Å². The Balaban J connectivity index is 3.04. The molecule has 6 nitrogen and oxygen atoms in total. The van der Waals surface area contributed by atoms with E-state index in [1.807, 2.05) is 0 Å². The Morgan fingerprint density at radius 2 is 2.05 bits per heavy atom. The summed E-state index contributed by atoms with van der Waals surface area (Å²) in [4.78, 5) is 16.3. The van der Waals surface area contributed by atoms with E-state index in [-0.39, 0.29) is 11.4 Å². The summed E-state index contributed by atoms with van der Waals surface area (Å²) in [5.74, 6) is -0.775. The molecule has 20 heavy (non-hydrogen) atoms. The molecule has 8 heteroatoms. The zero-order valence-electron chi connectivity index (χ0n) is 11.6. The minimum Gasteiger partial charge on any atom is -0.506 e. The molecule has 0 aliphatic heterocycles. The van der Waals surface area contributed by atoms with Crippen LogP contribution >= 0.6 is 0 Å². The minimum atomic E-state index is -3.10. The number of alkyl halides is 2. The monoisotopic (exact) mass is 290 g/mol. The predicted octanol–water partition coefficient (Wildman–Crippen LogP) is 2.76. The van der Waals surface area contributed by atoms with Gasteiger partial charge in [-0.2, -0.15) is 8.78 Å². The molecule has 0 radical (unpaired) electrons. The Hall–Kier alpha value is -2.12. The van der Waals surface area contributed by atoms with Crippen LogP contribution in [0.1, 0.15) is 20.8 Å². The van der Waals surface area contributed by atoms with E-state index in [4.69, 9.17) is 4.74 Å². The van der Waals surface area contributed by atoms with E-state index in [9.17, 15) is 18.7 Å². The van der Waals surface area contributed by atoms with Gasteiger partial charge in [0.15, 0.2) is 0 Å². The van der Waals surface area contributed by atoms with Crippen molar-refractivity contribution in [2.24, 2.45) is 0 Å². The first-order valence-electron chi connectivity index (χ1n) is 5.70. The fourth-order valence-corrected chi connectivity index (χ4v) is 1.27. The maximum Gasteiger partial charge on any atom is 0.414 e. The molecule has 0 saturated heterocycles. The molecule has 0 spiro atoms. The van der Waals surface area contributed by atoms with Crippen molar-refractivity contribution < 1.29 is 28.2 Å². The van der Waals surface area contributed by atoms with E-state index in [0.29, 0.717) is 0 Å². The molecule has 0 atom stereocenters. The lowest BCUT2D eigenvalue weighted by Crippen LogP contribution is -2.34. The first kappa shape index (κ1) is 15.9. The third-order valence-corrected chi connectivity index (χ3v) is 2.05.